The number of primary amides is 1. The number of aromatic nitrogens is 4. The van der Waals surface area contributed by atoms with Crippen LogP contribution in [0.4, 0.5) is 5.13 Å². The summed E-state index contributed by atoms with van der Waals surface area (Å²) in [5.41, 5.74) is 6.43. The molecule has 0 bridgehead atoms. The van der Waals surface area contributed by atoms with Crippen LogP contribution in [0.3, 0.4) is 0 Å². The number of piperidine rings is 1. The lowest BCUT2D eigenvalue weighted by Gasteiger charge is -2.32. The zero-order chi connectivity index (χ0) is 17.9. The Morgan fingerprint density at radius 1 is 1.27 bits per heavy atom. The minimum Gasteiger partial charge on any atom is -0.368 e. The van der Waals surface area contributed by atoms with Crippen molar-refractivity contribution in [2.24, 2.45) is 5.73 Å². The van der Waals surface area contributed by atoms with Crippen LogP contribution in [0.1, 0.15) is 24.6 Å². The molecule has 8 heteroatoms. The molecule has 2 aromatic heterocycles. The van der Waals surface area contributed by atoms with Crippen LogP contribution >= 0.6 is 11.3 Å². The summed E-state index contributed by atoms with van der Waals surface area (Å²) in [5.74, 6) is 0.817. The number of hydrogen-bond acceptors (Lipinski definition) is 6. The van der Waals surface area contributed by atoms with E-state index in [1.165, 1.54) is 0 Å². The van der Waals surface area contributed by atoms with Crippen molar-refractivity contribution in [3.63, 3.8) is 0 Å². The van der Waals surface area contributed by atoms with Crippen LogP contribution in [0.5, 0.6) is 0 Å². The molecular weight excluding hydrogens is 348 g/mol. The number of nitrogens with zero attached hydrogens (tertiary/aromatic N) is 5. The number of carbonyl (C=O) groups excluding carboxylic acids is 1. The second kappa shape index (κ2) is 7.25. The fraction of sp³-hybridized carbons (Fsp3) is 0.333. The van der Waals surface area contributed by atoms with Gasteiger partial charge in [-0.25, -0.2) is 4.98 Å². The summed E-state index contributed by atoms with van der Waals surface area (Å²) in [7, 11) is 0. The predicted octanol–water partition coefficient (Wildman–Crippen LogP) is 2.27. The number of rotatable bonds is 5. The first-order valence-electron chi connectivity index (χ1n) is 8.64. The lowest BCUT2D eigenvalue weighted by Crippen LogP contribution is -2.35. The third-order valence-electron chi connectivity index (χ3n) is 4.57. The Bertz CT molecular complexity index is 890. The number of carbonyl (C=O) groups is 1. The van der Waals surface area contributed by atoms with Gasteiger partial charge in [-0.2, -0.15) is 0 Å². The number of nitrogens with two attached hydrogens (primary N) is 1. The molecule has 134 valence electrons. The molecule has 26 heavy (non-hydrogen) atoms. The monoisotopic (exact) mass is 368 g/mol. The molecule has 3 aromatic rings. The average molecular weight is 368 g/mol. The highest BCUT2D eigenvalue weighted by molar-refractivity contribution is 7.18. The van der Waals surface area contributed by atoms with Gasteiger partial charge in [-0.05, 0) is 12.8 Å². The molecular formula is C18H20N6OS. The van der Waals surface area contributed by atoms with E-state index in [1.54, 1.807) is 17.5 Å². The van der Waals surface area contributed by atoms with Crippen LogP contribution in [-0.4, -0.2) is 38.7 Å². The first kappa shape index (κ1) is 16.7. The second-order valence-electron chi connectivity index (χ2n) is 6.42. The lowest BCUT2D eigenvalue weighted by molar-refractivity contribution is -0.118. The van der Waals surface area contributed by atoms with Crippen molar-refractivity contribution in [2.45, 2.75) is 25.3 Å². The van der Waals surface area contributed by atoms with Crippen LogP contribution in [0.15, 0.2) is 42.7 Å². The van der Waals surface area contributed by atoms with E-state index in [0.29, 0.717) is 0 Å². The minimum atomic E-state index is -0.353. The molecule has 7 nitrogen and oxygen atoms in total. The number of anilines is 1. The van der Waals surface area contributed by atoms with Gasteiger partial charge in [0.2, 0.25) is 11.0 Å². The molecule has 1 aliphatic heterocycles. The van der Waals surface area contributed by atoms with E-state index in [2.05, 4.69) is 20.1 Å². The summed E-state index contributed by atoms with van der Waals surface area (Å²) in [6, 6.07) is 10.1. The maximum Gasteiger partial charge on any atom is 0.237 e. The van der Waals surface area contributed by atoms with E-state index in [4.69, 9.17) is 5.73 Å². The van der Waals surface area contributed by atoms with Crippen molar-refractivity contribution in [3.05, 3.63) is 48.5 Å². The molecule has 3 heterocycles. The Labute approximate surface area is 155 Å². The number of hydrogen-bond donors (Lipinski definition) is 1. The van der Waals surface area contributed by atoms with Gasteiger partial charge in [-0.3, -0.25) is 4.79 Å². The average Bonchev–Trinajstić information content (AvgIpc) is 3.32. The SMILES string of the molecule is NC(=O)Cn1ccnc1[C@H]1CCCN(c2nnc(-c3ccccc3)s2)C1. The van der Waals surface area contributed by atoms with E-state index < -0.39 is 0 Å². The van der Waals surface area contributed by atoms with Gasteiger partial charge in [0.05, 0.1) is 0 Å². The topological polar surface area (TPSA) is 89.9 Å². The van der Waals surface area contributed by atoms with Crippen molar-refractivity contribution in [1.29, 1.82) is 0 Å². The summed E-state index contributed by atoms with van der Waals surface area (Å²) in [4.78, 5) is 18.0. The minimum absolute atomic E-state index is 0.169. The zero-order valence-corrected chi connectivity index (χ0v) is 15.1. The third kappa shape index (κ3) is 3.45. The fourth-order valence-corrected chi connectivity index (χ4v) is 4.27. The standard InChI is InChI=1S/C18H20N6OS/c19-15(25)12-23-10-8-20-16(23)14-7-4-9-24(11-14)18-22-21-17(26-18)13-5-2-1-3-6-13/h1-3,5-6,8,10,14H,4,7,9,11-12H2,(H2,19,25)/t14-/m0/s1. The Balaban J connectivity index is 1.52. The van der Waals surface area contributed by atoms with Gasteiger partial charge < -0.3 is 15.2 Å². The van der Waals surface area contributed by atoms with Crippen LogP contribution in [-0.2, 0) is 11.3 Å². The number of imidazole rings is 1. The Morgan fingerprint density at radius 2 is 2.12 bits per heavy atom. The van der Waals surface area contributed by atoms with Crippen LogP contribution < -0.4 is 10.6 Å². The maximum absolute atomic E-state index is 11.3. The number of benzene rings is 1. The van der Waals surface area contributed by atoms with Crippen molar-refractivity contribution >= 4 is 22.4 Å². The first-order chi connectivity index (χ1) is 12.7. The molecule has 1 atom stereocenters. The molecule has 1 fully saturated rings. The van der Waals surface area contributed by atoms with Crippen molar-refractivity contribution in [3.8, 4) is 10.6 Å². The van der Waals surface area contributed by atoms with E-state index in [-0.39, 0.29) is 18.4 Å². The van der Waals surface area contributed by atoms with Crippen molar-refractivity contribution in [1.82, 2.24) is 19.7 Å². The zero-order valence-electron chi connectivity index (χ0n) is 14.3. The highest BCUT2D eigenvalue weighted by Gasteiger charge is 2.27. The van der Waals surface area contributed by atoms with Gasteiger partial charge in [0.1, 0.15) is 17.4 Å². The Morgan fingerprint density at radius 3 is 2.92 bits per heavy atom. The molecule has 1 amide bonds. The molecule has 0 saturated carbocycles. The van der Waals surface area contributed by atoms with Gasteiger partial charge in [-0.15, -0.1) is 10.2 Å². The van der Waals surface area contributed by atoms with Gasteiger partial charge in [0.25, 0.3) is 0 Å². The van der Waals surface area contributed by atoms with Gasteiger partial charge >= 0.3 is 0 Å². The van der Waals surface area contributed by atoms with Crippen LogP contribution in [0.25, 0.3) is 10.6 Å². The lowest BCUT2D eigenvalue weighted by atomic mass is 9.97. The summed E-state index contributed by atoms with van der Waals surface area (Å²) < 4.78 is 1.85. The molecule has 0 radical (unpaired) electrons. The quantitative estimate of drug-likeness (QED) is 0.746. The predicted molar refractivity (Wildman–Crippen MR) is 101 cm³/mol. The summed E-state index contributed by atoms with van der Waals surface area (Å²) >= 11 is 1.61. The molecule has 4 rings (SSSR count). The summed E-state index contributed by atoms with van der Waals surface area (Å²) in [6.07, 6.45) is 5.64. The Hall–Kier alpha value is -2.74. The molecule has 1 aromatic carbocycles. The highest BCUT2D eigenvalue weighted by atomic mass is 32.1. The molecule has 1 saturated heterocycles. The fourth-order valence-electron chi connectivity index (χ4n) is 3.38. The van der Waals surface area contributed by atoms with Crippen molar-refractivity contribution in [2.75, 3.05) is 18.0 Å². The maximum atomic E-state index is 11.3. The van der Waals surface area contributed by atoms with E-state index in [1.807, 2.05) is 41.1 Å². The second-order valence-corrected chi connectivity index (χ2v) is 7.38. The Kier molecular flexibility index (Phi) is 4.66. The smallest absolute Gasteiger partial charge is 0.237 e. The third-order valence-corrected chi connectivity index (χ3v) is 5.60. The molecule has 2 N–H and O–H groups in total. The van der Waals surface area contributed by atoms with Crippen molar-refractivity contribution < 1.29 is 4.79 Å². The first-order valence-corrected chi connectivity index (χ1v) is 9.45. The summed E-state index contributed by atoms with van der Waals surface area (Å²) in [5, 5.41) is 10.6. The van der Waals surface area contributed by atoms with Gasteiger partial charge in [0, 0.05) is 37.0 Å². The van der Waals surface area contributed by atoms with E-state index >= 15 is 0 Å². The molecule has 1 aliphatic rings. The van der Waals surface area contributed by atoms with Gasteiger partial charge in [0.15, 0.2) is 0 Å². The molecule has 0 aliphatic carbocycles. The van der Waals surface area contributed by atoms with Crippen LogP contribution in [0.2, 0.25) is 0 Å². The van der Waals surface area contributed by atoms with Gasteiger partial charge in [-0.1, -0.05) is 41.7 Å². The normalized spacial score (nSPS) is 17.4. The van der Waals surface area contributed by atoms with Crippen LogP contribution in [0, 0.1) is 0 Å². The molecule has 0 unspecified atom stereocenters. The molecule has 0 spiro atoms. The number of amides is 1. The highest BCUT2D eigenvalue weighted by Crippen LogP contribution is 2.33. The summed E-state index contributed by atoms with van der Waals surface area (Å²) in [6.45, 7) is 1.94. The largest absolute Gasteiger partial charge is 0.368 e. The van der Waals surface area contributed by atoms with E-state index in [9.17, 15) is 4.79 Å². The van der Waals surface area contributed by atoms with E-state index in [0.717, 1.165) is 47.5 Å².